The number of nitrogen functional groups attached to an aromatic ring is 1. The Morgan fingerprint density at radius 3 is 2.48 bits per heavy atom. The Kier molecular flexibility index (Phi) is 8.87. The Morgan fingerprint density at radius 1 is 1.26 bits per heavy atom. The number of nitriles is 1. The molecule has 2 heterocycles. The topological polar surface area (TPSA) is 141 Å². The number of carboxylic acids is 2. The van der Waals surface area contributed by atoms with Crippen LogP contribution in [-0.2, 0) is 16.0 Å². The Morgan fingerprint density at radius 2 is 1.90 bits per heavy atom. The zero-order valence-electron chi connectivity index (χ0n) is 16.5. The highest BCUT2D eigenvalue weighted by atomic mass is 32.1. The van der Waals surface area contributed by atoms with Crippen LogP contribution in [-0.4, -0.2) is 51.7 Å². The van der Waals surface area contributed by atoms with Crippen LogP contribution in [0.4, 0.5) is 9.52 Å². The second kappa shape index (κ2) is 11.6. The van der Waals surface area contributed by atoms with Gasteiger partial charge in [0.15, 0.2) is 5.13 Å². The molecule has 2 aromatic rings. The smallest absolute Gasteiger partial charge is 0.328 e. The van der Waals surface area contributed by atoms with Gasteiger partial charge in [-0.3, -0.25) is 4.90 Å². The van der Waals surface area contributed by atoms with Gasteiger partial charge in [0.1, 0.15) is 16.8 Å². The number of nitrogens with zero attached hydrogens (tertiary/aromatic N) is 3. The van der Waals surface area contributed by atoms with Gasteiger partial charge >= 0.3 is 11.9 Å². The predicted octanol–water partition coefficient (Wildman–Crippen LogP) is 2.78. The maximum atomic E-state index is 12.9. The summed E-state index contributed by atoms with van der Waals surface area (Å²) in [4.78, 5) is 26.3. The van der Waals surface area contributed by atoms with Crippen LogP contribution in [0.2, 0.25) is 0 Å². The molecule has 1 aromatic heterocycles. The van der Waals surface area contributed by atoms with Crippen molar-refractivity contribution in [2.75, 3.05) is 25.4 Å². The Labute approximate surface area is 182 Å². The number of halogens is 1. The summed E-state index contributed by atoms with van der Waals surface area (Å²) in [6, 6.07) is 8.81. The van der Waals surface area contributed by atoms with Crippen molar-refractivity contribution in [1.82, 2.24) is 9.88 Å². The lowest BCUT2D eigenvalue weighted by molar-refractivity contribution is -0.134. The molecule has 0 saturated heterocycles. The lowest BCUT2D eigenvalue weighted by atomic mass is 10.0. The van der Waals surface area contributed by atoms with Crippen LogP contribution in [0.5, 0.6) is 0 Å². The second-order valence-corrected chi connectivity index (χ2v) is 7.55. The third kappa shape index (κ3) is 8.00. The molecule has 4 N–H and O–H groups in total. The Bertz CT molecular complexity index is 1010. The van der Waals surface area contributed by atoms with Crippen molar-refractivity contribution >= 4 is 34.0 Å². The van der Waals surface area contributed by atoms with Gasteiger partial charge in [0.05, 0.1) is 5.69 Å². The van der Waals surface area contributed by atoms with Gasteiger partial charge in [-0.1, -0.05) is 29.5 Å². The summed E-state index contributed by atoms with van der Waals surface area (Å²) in [7, 11) is 0. The molecule has 0 saturated carbocycles. The van der Waals surface area contributed by atoms with E-state index in [1.54, 1.807) is 0 Å². The van der Waals surface area contributed by atoms with E-state index in [9.17, 15) is 19.2 Å². The van der Waals surface area contributed by atoms with Crippen LogP contribution >= 0.6 is 11.3 Å². The van der Waals surface area contributed by atoms with Gasteiger partial charge in [-0.15, -0.1) is 0 Å². The van der Waals surface area contributed by atoms with Crippen molar-refractivity contribution in [1.29, 1.82) is 5.26 Å². The molecule has 0 atom stereocenters. The standard InChI is InChI=1S/C17H17FN4S.C4H4O4/c18-14-5-3-12(4-6-14)7-9-22-8-1-2-13(11-22)16-15(10-19)23-17(20)21-16;5-3(6)1-2-4(7)8/h2-6H,1,7-9,11H2,(H2,20,21);1-2H,(H,5,6)(H,7,8). The monoisotopic (exact) mass is 444 g/mol. The highest BCUT2D eigenvalue weighted by Crippen LogP contribution is 2.28. The molecule has 0 amide bonds. The number of aromatic nitrogens is 1. The minimum atomic E-state index is -1.26. The summed E-state index contributed by atoms with van der Waals surface area (Å²) in [5.74, 6) is -2.72. The first-order valence-corrected chi connectivity index (χ1v) is 10.1. The predicted molar refractivity (Wildman–Crippen MR) is 115 cm³/mol. The molecule has 0 fully saturated rings. The molecule has 1 aromatic carbocycles. The molecule has 0 spiro atoms. The number of rotatable bonds is 6. The number of hydrogen-bond acceptors (Lipinski definition) is 7. The maximum Gasteiger partial charge on any atom is 0.328 e. The normalized spacial score (nSPS) is 13.7. The molecule has 1 aliphatic rings. The van der Waals surface area contributed by atoms with Crippen molar-refractivity contribution in [2.45, 2.75) is 12.8 Å². The molecule has 0 aliphatic carbocycles. The quantitative estimate of drug-likeness (QED) is 0.578. The summed E-state index contributed by atoms with van der Waals surface area (Å²) in [5.41, 5.74) is 8.64. The average molecular weight is 444 g/mol. The molecule has 0 unspecified atom stereocenters. The SMILES string of the molecule is N#Cc1sc(N)nc1C1=CCCN(CCc2ccc(F)cc2)C1.O=C(O)C=CC(=O)O. The maximum absolute atomic E-state index is 12.9. The minimum Gasteiger partial charge on any atom is -0.478 e. The fourth-order valence-corrected chi connectivity index (χ4v) is 3.54. The minimum absolute atomic E-state index is 0.206. The van der Waals surface area contributed by atoms with Crippen LogP contribution in [0.3, 0.4) is 0 Å². The van der Waals surface area contributed by atoms with Gasteiger partial charge < -0.3 is 15.9 Å². The van der Waals surface area contributed by atoms with Gasteiger partial charge in [0, 0.05) is 31.8 Å². The van der Waals surface area contributed by atoms with E-state index in [-0.39, 0.29) is 5.82 Å². The zero-order valence-corrected chi connectivity index (χ0v) is 17.3. The van der Waals surface area contributed by atoms with E-state index in [1.165, 1.54) is 23.5 Å². The molecular weight excluding hydrogens is 423 g/mol. The van der Waals surface area contributed by atoms with Crippen LogP contribution < -0.4 is 5.73 Å². The third-order valence-corrected chi connectivity index (χ3v) is 5.07. The number of thiazole rings is 1. The first kappa shape index (κ1) is 23.7. The summed E-state index contributed by atoms with van der Waals surface area (Å²) >= 11 is 1.23. The second-order valence-electron chi connectivity index (χ2n) is 6.52. The van der Waals surface area contributed by atoms with Crippen LogP contribution in [0.1, 0.15) is 22.6 Å². The van der Waals surface area contributed by atoms with Crippen molar-refractivity contribution in [2.24, 2.45) is 0 Å². The van der Waals surface area contributed by atoms with Crippen molar-refractivity contribution < 1.29 is 24.2 Å². The molecular formula is C21H21FN4O4S. The van der Waals surface area contributed by atoms with Gasteiger partial charge in [-0.25, -0.2) is 19.0 Å². The van der Waals surface area contributed by atoms with E-state index in [1.807, 2.05) is 12.1 Å². The van der Waals surface area contributed by atoms with Crippen LogP contribution in [0.25, 0.3) is 5.57 Å². The van der Waals surface area contributed by atoms with E-state index in [4.69, 9.17) is 15.9 Å². The Hall–Kier alpha value is -3.55. The first-order chi connectivity index (χ1) is 14.8. The summed E-state index contributed by atoms with van der Waals surface area (Å²) in [5, 5.41) is 25.3. The van der Waals surface area contributed by atoms with E-state index in [0.717, 1.165) is 49.3 Å². The number of hydrogen-bond donors (Lipinski definition) is 3. The van der Waals surface area contributed by atoms with E-state index >= 15 is 0 Å². The van der Waals surface area contributed by atoms with Gasteiger partial charge in [0.25, 0.3) is 0 Å². The molecule has 0 bridgehead atoms. The largest absolute Gasteiger partial charge is 0.478 e. The lowest BCUT2D eigenvalue weighted by Crippen LogP contribution is -2.31. The molecule has 1 aliphatic heterocycles. The first-order valence-electron chi connectivity index (χ1n) is 9.25. The van der Waals surface area contributed by atoms with Crippen LogP contribution in [0.15, 0.2) is 42.5 Å². The van der Waals surface area contributed by atoms with E-state index in [0.29, 0.717) is 22.2 Å². The number of anilines is 1. The number of aliphatic carboxylic acids is 2. The van der Waals surface area contributed by atoms with Gasteiger partial charge in [0.2, 0.25) is 0 Å². The number of carbonyl (C=O) groups is 2. The number of benzene rings is 1. The highest BCUT2D eigenvalue weighted by Gasteiger charge is 2.19. The molecule has 31 heavy (non-hydrogen) atoms. The van der Waals surface area contributed by atoms with E-state index < -0.39 is 11.9 Å². The van der Waals surface area contributed by atoms with Gasteiger partial charge in [-0.2, -0.15) is 5.26 Å². The van der Waals surface area contributed by atoms with Crippen molar-refractivity contribution in [3.8, 4) is 6.07 Å². The number of nitrogens with two attached hydrogens (primary N) is 1. The highest BCUT2D eigenvalue weighted by molar-refractivity contribution is 7.16. The molecule has 162 valence electrons. The average Bonchev–Trinajstić information content (AvgIpc) is 3.13. The van der Waals surface area contributed by atoms with Crippen molar-refractivity contribution in [3.05, 3.63) is 64.4 Å². The summed E-state index contributed by atoms with van der Waals surface area (Å²) < 4.78 is 12.9. The van der Waals surface area contributed by atoms with E-state index in [2.05, 4.69) is 22.0 Å². The molecule has 8 nitrogen and oxygen atoms in total. The fourth-order valence-electron chi connectivity index (χ4n) is 2.88. The Balaban J connectivity index is 0.000000366. The summed E-state index contributed by atoms with van der Waals surface area (Å²) in [6.07, 6.45) is 5.06. The zero-order chi connectivity index (χ0) is 22.8. The third-order valence-electron chi connectivity index (χ3n) is 4.28. The van der Waals surface area contributed by atoms with Crippen molar-refractivity contribution in [3.63, 3.8) is 0 Å². The lowest BCUT2D eigenvalue weighted by Gasteiger charge is -2.26. The summed E-state index contributed by atoms with van der Waals surface area (Å²) in [6.45, 7) is 2.63. The number of carboxylic acid groups (broad SMARTS) is 2. The molecule has 10 heteroatoms. The fraction of sp³-hybridized carbons (Fsp3) is 0.238. The molecule has 3 rings (SSSR count). The van der Waals surface area contributed by atoms with Crippen LogP contribution in [0, 0.1) is 17.1 Å². The molecule has 0 radical (unpaired) electrons. The van der Waals surface area contributed by atoms with Gasteiger partial charge in [-0.05, 0) is 36.1 Å².